The number of rotatable bonds is 4. The lowest BCUT2D eigenvalue weighted by Crippen LogP contribution is -2.52. The first-order valence-electron chi connectivity index (χ1n) is 9.10. The number of imidazole rings is 1. The highest BCUT2D eigenvalue weighted by atomic mass is 16.5. The van der Waals surface area contributed by atoms with Gasteiger partial charge >= 0.3 is 5.97 Å². The smallest absolute Gasteiger partial charge is 0.352 e. The number of nitrogens with zero attached hydrogens (tertiary/aromatic N) is 4. The number of carboxylic acid groups (broad SMARTS) is 1. The summed E-state index contributed by atoms with van der Waals surface area (Å²) in [6.07, 6.45) is 8.71. The van der Waals surface area contributed by atoms with Crippen LogP contribution in [0.15, 0.2) is 23.5 Å². The van der Waals surface area contributed by atoms with Crippen molar-refractivity contribution in [3.8, 4) is 5.88 Å². The van der Waals surface area contributed by atoms with Gasteiger partial charge in [0.25, 0.3) is 5.91 Å². The molecule has 1 N–H and O–H groups in total. The van der Waals surface area contributed by atoms with Crippen molar-refractivity contribution < 1.29 is 19.4 Å². The maximum atomic E-state index is 12.4. The molecule has 0 saturated carbocycles. The molecule has 8 nitrogen and oxygen atoms in total. The highest BCUT2D eigenvalue weighted by Crippen LogP contribution is 2.39. The maximum Gasteiger partial charge on any atom is 0.352 e. The lowest BCUT2D eigenvalue weighted by Gasteiger charge is -2.38. The number of amides is 1. The lowest BCUT2D eigenvalue weighted by atomic mass is 9.94. The van der Waals surface area contributed by atoms with E-state index in [1.54, 1.807) is 12.2 Å². The van der Waals surface area contributed by atoms with Gasteiger partial charge in [0, 0.05) is 23.0 Å². The fourth-order valence-corrected chi connectivity index (χ4v) is 4.21. The molecule has 1 atom stereocenters. The quantitative estimate of drug-likeness (QED) is 0.652. The van der Waals surface area contributed by atoms with E-state index in [0.29, 0.717) is 36.0 Å². The molecule has 1 amide bonds. The molecule has 0 aromatic carbocycles. The Morgan fingerprint density at radius 2 is 2.26 bits per heavy atom. The molecule has 4 heterocycles. The number of aromatic nitrogens is 3. The minimum absolute atomic E-state index is 0.0676. The fourth-order valence-electron chi connectivity index (χ4n) is 4.21. The Morgan fingerprint density at radius 1 is 1.41 bits per heavy atom. The zero-order valence-corrected chi connectivity index (χ0v) is 14.8. The molecule has 3 aliphatic rings. The van der Waals surface area contributed by atoms with E-state index >= 15 is 0 Å². The molecule has 8 heteroatoms. The number of ether oxygens (including phenoxy) is 1. The third kappa shape index (κ3) is 2.22. The van der Waals surface area contributed by atoms with E-state index in [1.165, 1.54) is 4.90 Å². The van der Waals surface area contributed by atoms with Gasteiger partial charge in [-0.25, -0.2) is 9.78 Å². The van der Waals surface area contributed by atoms with Gasteiger partial charge in [0.05, 0.1) is 18.3 Å². The molecule has 5 rings (SSSR count). The van der Waals surface area contributed by atoms with Crippen LogP contribution in [-0.2, 0) is 22.4 Å². The van der Waals surface area contributed by atoms with Crippen LogP contribution in [0.3, 0.4) is 0 Å². The third-order valence-electron chi connectivity index (χ3n) is 5.38. The minimum Gasteiger partial charge on any atom is -0.478 e. The molecular weight excluding hydrogens is 348 g/mol. The van der Waals surface area contributed by atoms with Crippen LogP contribution in [0.4, 0.5) is 0 Å². The number of aryl methyl sites for hydroxylation is 1. The van der Waals surface area contributed by atoms with E-state index in [1.807, 2.05) is 17.5 Å². The Kier molecular flexibility index (Phi) is 3.37. The first-order chi connectivity index (χ1) is 13.1. The van der Waals surface area contributed by atoms with Crippen molar-refractivity contribution in [3.63, 3.8) is 0 Å². The number of fused-ring (bicyclic) bond motifs is 4. The minimum atomic E-state index is -1.07. The number of hydrogen-bond donors (Lipinski definition) is 1. The van der Waals surface area contributed by atoms with Crippen LogP contribution >= 0.6 is 0 Å². The predicted molar refractivity (Wildman–Crippen MR) is 95.1 cm³/mol. The molecule has 27 heavy (non-hydrogen) atoms. The molecule has 2 aromatic heterocycles. The van der Waals surface area contributed by atoms with Crippen molar-refractivity contribution >= 4 is 23.7 Å². The van der Waals surface area contributed by atoms with E-state index in [0.717, 1.165) is 30.5 Å². The maximum absolute atomic E-state index is 12.4. The average molecular weight is 366 g/mol. The zero-order chi connectivity index (χ0) is 18.7. The van der Waals surface area contributed by atoms with Crippen LogP contribution in [0.5, 0.6) is 5.88 Å². The van der Waals surface area contributed by atoms with Gasteiger partial charge in [0.15, 0.2) is 0 Å². The van der Waals surface area contributed by atoms with Crippen LogP contribution in [0.2, 0.25) is 0 Å². The highest BCUT2D eigenvalue weighted by molar-refractivity contribution is 6.11. The van der Waals surface area contributed by atoms with Gasteiger partial charge in [-0.15, -0.1) is 0 Å². The van der Waals surface area contributed by atoms with Crippen LogP contribution in [0.1, 0.15) is 36.7 Å². The van der Waals surface area contributed by atoms with Gasteiger partial charge in [-0.3, -0.25) is 14.1 Å². The Balaban J connectivity index is 1.52. The van der Waals surface area contributed by atoms with E-state index in [2.05, 4.69) is 9.97 Å². The number of carbonyl (C=O) groups excluding carboxylic acids is 1. The topological polar surface area (TPSA) is 97.0 Å². The summed E-state index contributed by atoms with van der Waals surface area (Å²) in [6.45, 7) is 2.49. The van der Waals surface area contributed by atoms with Crippen LogP contribution < -0.4 is 4.74 Å². The molecule has 0 bridgehead atoms. The number of carbonyl (C=O) groups is 2. The van der Waals surface area contributed by atoms with Gasteiger partial charge in [-0.1, -0.05) is 6.08 Å². The van der Waals surface area contributed by atoms with Crippen LogP contribution in [0, 0.1) is 0 Å². The van der Waals surface area contributed by atoms with E-state index in [9.17, 15) is 9.59 Å². The van der Waals surface area contributed by atoms with Gasteiger partial charge in [-0.05, 0) is 38.7 Å². The van der Waals surface area contributed by atoms with Gasteiger partial charge in [-0.2, -0.15) is 4.98 Å². The molecule has 1 saturated heterocycles. The summed E-state index contributed by atoms with van der Waals surface area (Å²) in [5, 5.41) is 9.17. The number of hydrogen-bond acceptors (Lipinski definition) is 5. The zero-order valence-electron chi connectivity index (χ0n) is 14.8. The average Bonchev–Trinajstić information content (AvgIpc) is 3.35. The van der Waals surface area contributed by atoms with Crippen LogP contribution in [-0.4, -0.2) is 48.9 Å². The van der Waals surface area contributed by atoms with E-state index < -0.39 is 5.97 Å². The summed E-state index contributed by atoms with van der Waals surface area (Å²) in [6, 6.07) is -0.203. The second-order valence-electron chi connectivity index (χ2n) is 6.89. The molecule has 2 aromatic rings. The van der Waals surface area contributed by atoms with Crippen molar-refractivity contribution in [1.29, 1.82) is 0 Å². The second kappa shape index (κ2) is 5.67. The van der Waals surface area contributed by atoms with Crippen LogP contribution in [0.25, 0.3) is 11.9 Å². The number of β-lactam (4-membered cyclic amide) rings is 1. The Hall–Kier alpha value is -3.16. The summed E-state index contributed by atoms with van der Waals surface area (Å²) in [4.78, 5) is 34.0. The van der Waals surface area contributed by atoms with Gasteiger partial charge in [0.1, 0.15) is 5.70 Å². The molecule has 0 spiro atoms. The predicted octanol–water partition coefficient (Wildman–Crippen LogP) is 1.58. The molecule has 2 aliphatic heterocycles. The summed E-state index contributed by atoms with van der Waals surface area (Å²) in [5.41, 5.74) is 3.61. The second-order valence-corrected chi connectivity index (χ2v) is 6.89. The standard InChI is InChI=1S/C19H18N4O4/c1-2-27-16-11-4-3-5-13(11)22-9-10(20-19(22)21-16)8-12-14-6-7-15(18(25)26)23(14)17(12)24/h7-9,14H,2-6H2,1H3,(H,25,26)/b12-8-. The first-order valence-corrected chi connectivity index (χ1v) is 9.10. The largest absolute Gasteiger partial charge is 0.478 e. The van der Waals surface area contributed by atoms with E-state index in [4.69, 9.17) is 9.84 Å². The summed E-state index contributed by atoms with van der Waals surface area (Å²) >= 11 is 0. The molecule has 1 fully saturated rings. The van der Waals surface area contributed by atoms with Gasteiger partial charge in [0.2, 0.25) is 11.7 Å². The Bertz CT molecular complexity index is 1070. The Morgan fingerprint density at radius 3 is 3.04 bits per heavy atom. The van der Waals surface area contributed by atoms with Crippen molar-refractivity contribution in [2.75, 3.05) is 6.61 Å². The normalized spacial score (nSPS) is 22.0. The fraction of sp³-hybridized carbons (Fsp3) is 0.368. The molecule has 0 radical (unpaired) electrons. The van der Waals surface area contributed by atoms with Crippen molar-refractivity contribution in [2.45, 2.75) is 38.6 Å². The summed E-state index contributed by atoms with van der Waals surface area (Å²) < 4.78 is 7.66. The van der Waals surface area contributed by atoms with E-state index in [-0.39, 0.29) is 17.6 Å². The first kappa shape index (κ1) is 16.0. The highest BCUT2D eigenvalue weighted by Gasteiger charge is 2.48. The number of carboxylic acids is 1. The molecule has 1 unspecified atom stereocenters. The number of aliphatic carboxylic acids is 1. The molecule has 138 valence electrons. The summed E-state index contributed by atoms with van der Waals surface area (Å²) in [7, 11) is 0. The molecule has 1 aliphatic carbocycles. The Labute approximate surface area is 154 Å². The van der Waals surface area contributed by atoms with Crippen molar-refractivity contribution in [3.05, 3.63) is 40.5 Å². The third-order valence-corrected chi connectivity index (χ3v) is 5.38. The summed E-state index contributed by atoms with van der Waals surface area (Å²) in [5.74, 6) is -0.123. The monoisotopic (exact) mass is 366 g/mol. The molecular formula is C19H18N4O4. The van der Waals surface area contributed by atoms with Crippen molar-refractivity contribution in [1.82, 2.24) is 19.3 Å². The van der Waals surface area contributed by atoms with Crippen molar-refractivity contribution in [2.24, 2.45) is 0 Å². The lowest BCUT2D eigenvalue weighted by molar-refractivity contribution is -0.142. The van der Waals surface area contributed by atoms with Gasteiger partial charge < -0.3 is 9.84 Å². The SMILES string of the molecule is CCOc1nc2nc(/C=C3\C(=O)N4C(C(=O)O)=CCC34)cn2c2c1CCC2.